The molecule has 1 atom stereocenters. The maximum Gasteiger partial charge on any atom is 0.148 e. The molecule has 1 aromatic heterocycles. The van der Waals surface area contributed by atoms with Crippen molar-refractivity contribution in [1.82, 2.24) is 14.8 Å². The number of aryl methyl sites for hydroxylation is 1. The van der Waals surface area contributed by atoms with Gasteiger partial charge >= 0.3 is 0 Å². The molecule has 0 amide bonds. The molecule has 0 aliphatic heterocycles. The molecular formula is C11H12Cl2N4. The van der Waals surface area contributed by atoms with Crippen molar-refractivity contribution in [2.24, 2.45) is 5.73 Å². The normalized spacial score (nSPS) is 12.7. The molecule has 0 fully saturated rings. The fraction of sp³-hybridized carbons (Fsp3) is 0.273. The van der Waals surface area contributed by atoms with E-state index in [2.05, 4.69) is 10.1 Å². The van der Waals surface area contributed by atoms with Crippen molar-refractivity contribution < 1.29 is 0 Å². The smallest absolute Gasteiger partial charge is 0.148 e. The predicted octanol–water partition coefficient (Wildman–Crippen LogP) is 2.65. The van der Waals surface area contributed by atoms with Crippen LogP contribution >= 0.6 is 23.2 Å². The minimum absolute atomic E-state index is 0.427. The summed E-state index contributed by atoms with van der Waals surface area (Å²) in [5.41, 5.74) is 6.89. The van der Waals surface area contributed by atoms with Crippen molar-refractivity contribution in [2.75, 3.05) is 0 Å². The van der Waals surface area contributed by atoms with Crippen LogP contribution in [0.1, 0.15) is 24.4 Å². The molecule has 0 bridgehead atoms. The van der Waals surface area contributed by atoms with Gasteiger partial charge in [0.2, 0.25) is 0 Å². The van der Waals surface area contributed by atoms with Gasteiger partial charge in [-0.2, -0.15) is 5.10 Å². The Labute approximate surface area is 109 Å². The minimum atomic E-state index is -0.427. The number of hydrogen-bond acceptors (Lipinski definition) is 3. The van der Waals surface area contributed by atoms with Gasteiger partial charge in [-0.15, -0.1) is 0 Å². The van der Waals surface area contributed by atoms with Crippen LogP contribution in [-0.4, -0.2) is 14.8 Å². The van der Waals surface area contributed by atoms with E-state index in [0.717, 1.165) is 5.56 Å². The molecule has 90 valence electrons. The number of halogens is 2. The molecular weight excluding hydrogens is 259 g/mol. The molecule has 2 N–H and O–H groups in total. The monoisotopic (exact) mass is 270 g/mol. The summed E-state index contributed by atoms with van der Waals surface area (Å²) in [5.74, 6) is 0.677. The lowest BCUT2D eigenvalue weighted by Gasteiger charge is -2.14. The minimum Gasteiger partial charge on any atom is -0.318 e. The van der Waals surface area contributed by atoms with E-state index < -0.39 is 6.04 Å². The fourth-order valence-electron chi connectivity index (χ4n) is 1.65. The van der Waals surface area contributed by atoms with Gasteiger partial charge in [0.25, 0.3) is 0 Å². The molecule has 4 nitrogen and oxygen atoms in total. The van der Waals surface area contributed by atoms with Gasteiger partial charge in [-0.25, -0.2) is 9.67 Å². The molecule has 2 aromatic rings. The van der Waals surface area contributed by atoms with Gasteiger partial charge in [0, 0.05) is 16.6 Å². The fourth-order valence-corrected chi connectivity index (χ4v) is 2.07. The second kappa shape index (κ2) is 5.04. The van der Waals surface area contributed by atoms with Crippen LogP contribution in [0.4, 0.5) is 0 Å². The standard InChI is InChI=1S/C11H12Cl2N4/c1-2-17-11(15-6-16-17)10(14)8-5-7(12)3-4-9(8)13/h3-6,10H,2,14H2,1H3. The number of rotatable bonds is 3. The number of hydrogen-bond donors (Lipinski definition) is 1. The molecule has 0 saturated carbocycles. The topological polar surface area (TPSA) is 56.7 Å². The Morgan fingerprint density at radius 1 is 1.41 bits per heavy atom. The zero-order valence-electron chi connectivity index (χ0n) is 9.27. The lowest BCUT2D eigenvalue weighted by Crippen LogP contribution is -2.18. The van der Waals surface area contributed by atoms with E-state index in [1.807, 2.05) is 6.92 Å². The van der Waals surface area contributed by atoms with Crippen LogP contribution in [0.3, 0.4) is 0 Å². The van der Waals surface area contributed by atoms with Crippen molar-refractivity contribution in [3.8, 4) is 0 Å². The first-order valence-electron chi connectivity index (χ1n) is 5.21. The molecule has 6 heteroatoms. The summed E-state index contributed by atoms with van der Waals surface area (Å²) < 4.78 is 1.74. The van der Waals surface area contributed by atoms with Crippen LogP contribution in [0, 0.1) is 0 Å². The summed E-state index contributed by atoms with van der Waals surface area (Å²) in [4.78, 5) is 4.16. The van der Waals surface area contributed by atoms with E-state index in [1.54, 1.807) is 22.9 Å². The summed E-state index contributed by atoms with van der Waals surface area (Å²) in [6, 6.07) is 4.78. The number of nitrogens with zero attached hydrogens (tertiary/aromatic N) is 3. The second-order valence-electron chi connectivity index (χ2n) is 3.58. The Morgan fingerprint density at radius 3 is 2.88 bits per heavy atom. The SMILES string of the molecule is CCn1ncnc1C(N)c1cc(Cl)ccc1Cl. The molecule has 0 saturated heterocycles. The number of benzene rings is 1. The van der Waals surface area contributed by atoms with Crippen LogP contribution < -0.4 is 5.73 Å². The molecule has 17 heavy (non-hydrogen) atoms. The average molecular weight is 271 g/mol. The van der Waals surface area contributed by atoms with Gasteiger partial charge < -0.3 is 5.73 Å². The zero-order valence-corrected chi connectivity index (χ0v) is 10.8. The first-order chi connectivity index (χ1) is 8.13. The highest BCUT2D eigenvalue weighted by Crippen LogP contribution is 2.28. The molecule has 1 unspecified atom stereocenters. The van der Waals surface area contributed by atoms with Crippen LogP contribution in [-0.2, 0) is 6.54 Å². The lowest BCUT2D eigenvalue weighted by atomic mass is 10.1. The summed E-state index contributed by atoms with van der Waals surface area (Å²) in [6.07, 6.45) is 1.48. The highest BCUT2D eigenvalue weighted by Gasteiger charge is 2.18. The molecule has 1 heterocycles. The first kappa shape index (κ1) is 12.4. The third-order valence-corrected chi connectivity index (χ3v) is 3.10. The molecule has 0 spiro atoms. The Bertz CT molecular complexity index is 524. The van der Waals surface area contributed by atoms with Gasteiger partial charge in [0.05, 0.1) is 6.04 Å². The van der Waals surface area contributed by atoms with E-state index in [0.29, 0.717) is 22.4 Å². The quantitative estimate of drug-likeness (QED) is 0.933. The summed E-state index contributed by atoms with van der Waals surface area (Å²) >= 11 is 12.0. The van der Waals surface area contributed by atoms with Gasteiger partial charge in [0.15, 0.2) is 0 Å². The van der Waals surface area contributed by atoms with E-state index >= 15 is 0 Å². The Balaban J connectivity index is 2.43. The van der Waals surface area contributed by atoms with E-state index in [4.69, 9.17) is 28.9 Å². The van der Waals surface area contributed by atoms with Crippen LogP contribution in [0.2, 0.25) is 10.0 Å². The number of aromatic nitrogens is 3. The van der Waals surface area contributed by atoms with Crippen molar-refractivity contribution in [2.45, 2.75) is 19.5 Å². The third kappa shape index (κ3) is 2.44. The van der Waals surface area contributed by atoms with Crippen LogP contribution in [0.15, 0.2) is 24.5 Å². The van der Waals surface area contributed by atoms with E-state index in [9.17, 15) is 0 Å². The second-order valence-corrected chi connectivity index (χ2v) is 4.42. The highest BCUT2D eigenvalue weighted by molar-refractivity contribution is 6.33. The van der Waals surface area contributed by atoms with Gasteiger partial charge in [-0.05, 0) is 30.7 Å². The summed E-state index contributed by atoms with van der Waals surface area (Å²) in [6.45, 7) is 2.69. The average Bonchev–Trinajstić information content (AvgIpc) is 2.79. The maximum absolute atomic E-state index is 6.14. The maximum atomic E-state index is 6.14. The summed E-state index contributed by atoms with van der Waals surface area (Å²) in [5, 5.41) is 5.26. The van der Waals surface area contributed by atoms with E-state index in [-0.39, 0.29) is 0 Å². The Kier molecular flexibility index (Phi) is 3.66. The Morgan fingerprint density at radius 2 is 2.18 bits per heavy atom. The van der Waals surface area contributed by atoms with Gasteiger partial charge in [0.1, 0.15) is 12.2 Å². The lowest BCUT2D eigenvalue weighted by molar-refractivity contribution is 0.592. The highest BCUT2D eigenvalue weighted by atomic mass is 35.5. The zero-order chi connectivity index (χ0) is 12.4. The first-order valence-corrected chi connectivity index (χ1v) is 5.97. The molecule has 0 radical (unpaired) electrons. The van der Waals surface area contributed by atoms with Crippen LogP contribution in [0.25, 0.3) is 0 Å². The predicted molar refractivity (Wildman–Crippen MR) is 68.2 cm³/mol. The molecule has 0 aliphatic carbocycles. The van der Waals surface area contributed by atoms with Gasteiger partial charge in [-0.1, -0.05) is 23.2 Å². The van der Waals surface area contributed by atoms with Crippen molar-refractivity contribution in [3.63, 3.8) is 0 Å². The third-order valence-electron chi connectivity index (χ3n) is 2.52. The largest absolute Gasteiger partial charge is 0.318 e. The van der Waals surface area contributed by atoms with Crippen molar-refractivity contribution >= 4 is 23.2 Å². The van der Waals surface area contributed by atoms with Crippen LogP contribution in [0.5, 0.6) is 0 Å². The van der Waals surface area contributed by atoms with Crippen molar-refractivity contribution in [1.29, 1.82) is 0 Å². The summed E-state index contributed by atoms with van der Waals surface area (Å²) in [7, 11) is 0. The molecule has 1 aromatic carbocycles. The van der Waals surface area contributed by atoms with E-state index in [1.165, 1.54) is 6.33 Å². The Hall–Kier alpha value is -1.10. The molecule has 2 rings (SSSR count). The number of nitrogens with two attached hydrogens (primary N) is 1. The van der Waals surface area contributed by atoms with Crippen molar-refractivity contribution in [3.05, 3.63) is 46.0 Å². The molecule has 0 aliphatic rings. The van der Waals surface area contributed by atoms with Gasteiger partial charge in [-0.3, -0.25) is 0 Å².